The van der Waals surface area contributed by atoms with E-state index in [0.29, 0.717) is 5.78 Å². The van der Waals surface area contributed by atoms with Gasteiger partial charge in [0.15, 0.2) is 0 Å². The second-order valence-electron chi connectivity index (χ2n) is 4.61. The van der Waals surface area contributed by atoms with Crippen molar-refractivity contribution in [3.8, 4) is 0 Å². The maximum absolute atomic E-state index is 11.7. The molecule has 66 valence electrons. The molecule has 12 heavy (non-hydrogen) atoms. The van der Waals surface area contributed by atoms with Crippen LogP contribution in [0.3, 0.4) is 0 Å². The number of hydrogen-bond donors (Lipinski definition) is 0. The summed E-state index contributed by atoms with van der Waals surface area (Å²) in [5, 5.41) is 0. The van der Waals surface area contributed by atoms with E-state index in [9.17, 15) is 4.79 Å². The Morgan fingerprint density at radius 2 is 2.08 bits per heavy atom. The van der Waals surface area contributed by atoms with Crippen molar-refractivity contribution >= 4 is 5.78 Å². The van der Waals surface area contributed by atoms with Gasteiger partial charge in [-0.05, 0) is 24.7 Å². The maximum atomic E-state index is 11.7. The average Bonchev–Trinajstić information content (AvgIpc) is 2.28. The molecule has 0 saturated heterocycles. The topological polar surface area (TPSA) is 17.1 Å². The summed E-state index contributed by atoms with van der Waals surface area (Å²) < 4.78 is 0. The number of carbonyl (C=O) groups is 1. The average molecular weight is 164 g/mol. The van der Waals surface area contributed by atoms with Crippen LogP contribution in [-0.2, 0) is 4.79 Å². The molecule has 0 heterocycles. The summed E-state index contributed by atoms with van der Waals surface area (Å²) >= 11 is 0. The van der Waals surface area contributed by atoms with Gasteiger partial charge >= 0.3 is 0 Å². The minimum absolute atomic E-state index is 0.0399. The smallest absolute Gasteiger partial charge is 0.139 e. The molecule has 2 atom stereocenters. The molecule has 1 saturated carbocycles. The van der Waals surface area contributed by atoms with Crippen LogP contribution in [0.25, 0.3) is 0 Å². The van der Waals surface area contributed by atoms with Crippen molar-refractivity contribution < 1.29 is 4.79 Å². The van der Waals surface area contributed by atoms with Gasteiger partial charge in [0.2, 0.25) is 0 Å². The van der Waals surface area contributed by atoms with Crippen molar-refractivity contribution in [3.63, 3.8) is 0 Å². The van der Waals surface area contributed by atoms with E-state index in [1.807, 2.05) is 0 Å². The van der Waals surface area contributed by atoms with Gasteiger partial charge in [-0.2, -0.15) is 0 Å². The van der Waals surface area contributed by atoms with Crippen molar-refractivity contribution in [2.45, 2.75) is 39.5 Å². The van der Waals surface area contributed by atoms with Crippen LogP contribution in [0.4, 0.5) is 0 Å². The van der Waals surface area contributed by atoms with Gasteiger partial charge < -0.3 is 0 Å². The summed E-state index contributed by atoms with van der Waals surface area (Å²) in [6.07, 6.45) is 8.48. The molecular weight excluding hydrogens is 148 g/mol. The summed E-state index contributed by atoms with van der Waals surface area (Å²) in [4.78, 5) is 11.7. The lowest BCUT2D eigenvalue weighted by molar-refractivity contribution is -0.128. The standard InChI is InChI=1S/C11H16O/c1-10-6-3-4-7-11(10,2)9(12)5-8-10/h3,6H,4-5,7-8H2,1-2H3/t10-,11-/m0/s1. The zero-order valence-electron chi connectivity index (χ0n) is 7.89. The van der Waals surface area contributed by atoms with Crippen LogP contribution < -0.4 is 0 Å². The molecule has 0 N–H and O–H groups in total. The lowest BCUT2D eigenvalue weighted by Crippen LogP contribution is -2.37. The van der Waals surface area contributed by atoms with Crippen LogP contribution >= 0.6 is 0 Å². The Labute approximate surface area is 73.8 Å². The number of hydrogen-bond acceptors (Lipinski definition) is 1. The van der Waals surface area contributed by atoms with E-state index in [1.165, 1.54) is 0 Å². The highest BCUT2D eigenvalue weighted by Gasteiger charge is 2.53. The zero-order chi connectivity index (χ0) is 8.82. The Morgan fingerprint density at radius 1 is 1.33 bits per heavy atom. The first kappa shape index (κ1) is 8.03. The Balaban J connectivity index is 2.46. The first-order valence-electron chi connectivity index (χ1n) is 4.80. The molecule has 0 radical (unpaired) electrons. The molecule has 0 aromatic rings. The van der Waals surface area contributed by atoms with Crippen molar-refractivity contribution in [2.75, 3.05) is 0 Å². The molecule has 2 aliphatic rings. The number of ketones is 1. The van der Waals surface area contributed by atoms with Crippen LogP contribution in [0.1, 0.15) is 39.5 Å². The Morgan fingerprint density at radius 3 is 2.75 bits per heavy atom. The van der Waals surface area contributed by atoms with Gasteiger partial charge in [-0.1, -0.05) is 26.0 Å². The third-order valence-corrected chi connectivity index (χ3v) is 4.04. The summed E-state index contributed by atoms with van der Waals surface area (Å²) in [6, 6.07) is 0. The molecule has 0 bridgehead atoms. The van der Waals surface area contributed by atoms with E-state index >= 15 is 0 Å². The second-order valence-corrected chi connectivity index (χ2v) is 4.61. The Bertz CT molecular complexity index is 254. The van der Waals surface area contributed by atoms with E-state index in [2.05, 4.69) is 26.0 Å². The Hall–Kier alpha value is -0.590. The zero-order valence-corrected chi connectivity index (χ0v) is 7.89. The molecule has 1 heteroatoms. The fraction of sp³-hybridized carbons (Fsp3) is 0.727. The van der Waals surface area contributed by atoms with Gasteiger partial charge in [0.1, 0.15) is 5.78 Å². The van der Waals surface area contributed by atoms with Gasteiger partial charge in [0.25, 0.3) is 0 Å². The molecule has 2 rings (SSSR count). The summed E-state index contributed by atoms with van der Waals surface area (Å²) in [7, 11) is 0. The van der Waals surface area contributed by atoms with Crippen molar-refractivity contribution in [1.29, 1.82) is 0 Å². The van der Waals surface area contributed by atoms with Crippen LogP contribution in [0.5, 0.6) is 0 Å². The molecule has 0 spiro atoms. The first-order valence-corrected chi connectivity index (χ1v) is 4.80. The molecule has 1 fully saturated rings. The van der Waals surface area contributed by atoms with Crippen molar-refractivity contribution in [3.05, 3.63) is 12.2 Å². The number of allylic oxidation sites excluding steroid dienone is 2. The highest BCUT2D eigenvalue weighted by molar-refractivity contribution is 5.88. The van der Waals surface area contributed by atoms with Crippen molar-refractivity contribution in [1.82, 2.24) is 0 Å². The number of fused-ring (bicyclic) bond motifs is 1. The maximum Gasteiger partial charge on any atom is 0.139 e. The molecule has 1 nitrogen and oxygen atoms in total. The van der Waals surface area contributed by atoms with E-state index in [-0.39, 0.29) is 10.8 Å². The fourth-order valence-electron chi connectivity index (χ4n) is 2.65. The SMILES string of the molecule is C[C@@]12C=CCC[C@@]1(C)C(=O)CC2. The number of Topliss-reactive ketones (excluding diaryl/α,β-unsaturated/α-hetero) is 1. The first-order chi connectivity index (χ1) is 5.58. The third kappa shape index (κ3) is 0.769. The largest absolute Gasteiger partial charge is 0.299 e. The second kappa shape index (κ2) is 2.21. The van der Waals surface area contributed by atoms with Crippen LogP contribution in [0, 0.1) is 10.8 Å². The van der Waals surface area contributed by atoms with Crippen LogP contribution in [0.2, 0.25) is 0 Å². The number of rotatable bonds is 0. The van der Waals surface area contributed by atoms with Crippen LogP contribution in [0.15, 0.2) is 12.2 Å². The van der Waals surface area contributed by atoms with Gasteiger partial charge in [-0.25, -0.2) is 0 Å². The monoisotopic (exact) mass is 164 g/mol. The van der Waals surface area contributed by atoms with Crippen molar-refractivity contribution in [2.24, 2.45) is 10.8 Å². The lowest BCUT2D eigenvalue weighted by atomic mass is 9.63. The van der Waals surface area contributed by atoms with Gasteiger partial charge in [0.05, 0.1) is 0 Å². The van der Waals surface area contributed by atoms with Gasteiger partial charge in [-0.15, -0.1) is 0 Å². The lowest BCUT2D eigenvalue weighted by Gasteiger charge is -2.40. The predicted molar refractivity (Wildman–Crippen MR) is 48.8 cm³/mol. The third-order valence-electron chi connectivity index (χ3n) is 4.04. The molecule has 0 aliphatic heterocycles. The minimum Gasteiger partial charge on any atom is -0.299 e. The van der Waals surface area contributed by atoms with Crippen LogP contribution in [-0.4, -0.2) is 5.78 Å². The van der Waals surface area contributed by atoms with E-state index in [4.69, 9.17) is 0 Å². The molecule has 2 aliphatic carbocycles. The van der Waals surface area contributed by atoms with E-state index in [1.54, 1.807) is 0 Å². The molecule has 0 amide bonds. The molecule has 0 aromatic heterocycles. The van der Waals surface area contributed by atoms with E-state index in [0.717, 1.165) is 25.7 Å². The van der Waals surface area contributed by atoms with E-state index < -0.39 is 0 Å². The summed E-state index contributed by atoms with van der Waals surface area (Å²) in [5.41, 5.74) is 0.129. The fourth-order valence-corrected chi connectivity index (χ4v) is 2.65. The minimum atomic E-state index is -0.0399. The summed E-state index contributed by atoms with van der Waals surface area (Å²) in [6.45, 7) is 4.37. The predicted octanol–water partition coefficient (Wildman–Crippen LogP) is 2.71. The highest BCUT2D eigenvalue weighted by Crippen LogP contribution is 2.55. The highest BCUT2D eigenvalue weighted by atomic mass is 16.1. The molecule has 0 aromatic carbocycles. The quantitative estimate of drug-likeness (QED) is 0.503. The summed E-state index contributed by atoms with van der Waals surface area (Å²) in [5.74, 6) is 0.481. The normalized spacial score (nSPS) is 46.3. The molecule has 0 unspecified atom stereocenters. The van der Waals surface area contributed by atoms with Gasteiger partial charge in [-0.3, -0.25) is 4.79 Å². The molecular formula is C11H16O. The van der Waals surface area contributed by atoms with Gasteiger partial charge in [0, 0.05) is 11.8 Å². The Kier molecular flexibility index (Phi) is 1.48. The number of carbonyl (C=O) groups excluding carboxylic acids is 1.